The van der Waals surface area contributed by atoms with Gasteiger partial charge in [-0.05, 0) is 56.3 Å². The van der Waals surface area contributed by atoms with Crippen molar-refractivity contribution in [3.63, 3.8) is 0 Å². The molecule has 0 amide bonds. The van der Waals surface area contributed by atoms with E-state index in [-0.39, 0.29) is 0 Å². The van der Waals surface area contributed by atoms with Crippen molar-refractivity contribution in [1.29, 1.82) is 0 Å². The zero-order valence-electron chi connectivity index (χ0n) is 11.3. The predicted molar refractivity (Wildman–Crippen MR) is 77.7 cm³/mol. The van der Waals surface area contributed by atoms with Crippen LogP contribution in [0.3, 0.4) is 0 Å². The van der Waals surface area contributed by atoms with Crippen LogP contribution in [0.5, 0.6) is 0 Å². The summed E-state index contributed by atoms with van der Waals surface area (Å²) in [5.74, 6) is 2.37. The molecule has 0 fully saturated rings. The van der Waals surface area contributed by atoms with E-state index in [1.165, 1.54) is 24.8 Å². The van der Waals surface area contributed by atoms with Gasteiger partial charge in [0, 0.05) is 0 Å². The molecule has 0 radical (unpaired) electrons. The van der Waals surface area contributed by atoms with Crippen LogP contribution in [-0.2, 0) is 0 Å². The molecule has 0 aliphatic heterocycles. The Bertz CT molecular complexity index is 252. The molecular formula is C15H27P. The van der Waals surface area contributed by atoms with Crippen LogP contribution >= 0.6 is 8.58 Å². The van der Waals surface area contributed by atoms with Crippen molar-refractivity contribution in [2.75, 3.05) is 6.66 Å². The van der Waals surface area contributed by atoms with E-state index in [9.17, 15) is 0 Å². The second-order valence-electron chi connectivity index (χ2n) is 5.63. The second kappa shape index (κ2) is 6.60. The lowest BCUT2D eigenvalue weighted by Crippen LogP contribution is -2.22. The highest BCUT2D eigenvalue weighted by molar-refractivity contribution is 7.37. The molecule has 92 valence electrons. The van der Waals surface area contributed by atoms with Crippen LogP contribution < -0.4 is 0 Å². The average Bonchev–Trinajstić information content (AvgIpc) is 2.25. The van der Waals surface area contributed by atoms with Gasteiger partial charge in [-0.2, -0.15) is 0 Å². The van der Waals surface area contributed by atoms with Gasteiger partial charge >= 0.3 is 0 Å². The molecule has 16 heavy (non-hydrogen) atoms. The molecular weight excluding hydrogens is 211 g/mol. The van der Waals surface area contributed by atoms with Crippen LogP contribution in [-0.4, -0.2) is 12.3 Å². The molecule has 4 unspecified atom stereocenters. The maximum atomic E-state index is 4.13. The number of hydrogen-bond acceptors (Lipinski definition) is 0. The van der Waals surface area contributed by atoms with Gasteiger partial charge in [0.15, 0.2) is 0 Å². The standard InChI is InChI=1S/C15H27P/c1-11(2)9-15(16-5)14-8-6-7-13(10-14)12(3)4/h6,8,11,13-16H,3,7,9-10H2,1-2,4-5H3. The monoisotopic (exact) mass is 238 g/mol. The fraction of sp³-hybridized carbons (Fsp3) is 0.733. The quantitative estimate of drug-likeness (QED) is 0.473. The summed E-state index contributed by atoms with van der Waals surface area (Å²) in [6, 6.07) is 0. The lowest BCUT2D eigenvalue weighted by molar-refractivity contribution is 0.401. The first-order chi connectivity index (χ1) is 7.54. The molecule has 1 heteroatoms. The smallest absolute Gasteiger partial charge is 0.0162 e. The van der Waals surface area contributed by atoms with E-state index < -0.39 is 0 Å². The van der Waals surface area contributed by atoms with Crippen molar-refractivity contribution >= 4 is 8.58 Å². The van der Waals surface area contributed by atoms with Crippen LogP contribution in [0.25, 0.3) is 0 Å². The largest absolute Gasteiger partial charge is 0.122 e. The van der Waals surface area contributed by atoms with Crippen molar-refractivity contribution in [2.24, 2.45) is 17.8 Å². The summed E-state index contributed by atoms with van der Waals surface area (Å²) in [6.07, 6.45) is 8.80. The predicted octanol–water partition coefficient (Wildman–Crippen LogP) is 4.87. The van der Waals surface area contributed by atoms with Crippen LogP contribution in [0.1, 0.15) is 40.0 Å². The fourth-order valence-corrected chi connectivity index (χ4v) is 4.02. The lowest BCUT2D eigenvalue weighted by atomic mass is 9.80. The third kappa shape index (κ3) is 4.06. The summed E-state index contributed by atoms with van der Waals surface area (Å²) in [6.45, 7) is 13.4. The van der Waals surface area contributed by atoms with E-state index in [0.717, 1.165) is 32.0 Å². The summed E-state index contributed by atoms with van der Waals surface area (Å²) < 4.78 is 0. The Kier molecular flexibility index (Phi) is 5.76. The van der Waals surface area contributed by atoms with E-state index in [4.69, 9.17) is 0 Å². The van der Waals surface area contributed by atoms with Crippen molar-refractivity contribution in [3.05, 3.63) is 24.3 Å². The van der Waals surface area contributed by atoms with Gasteiger partial charge in [0.2, 0.25) is 0 Å². The molecule has 0 bridgehead atoms. The fourth-order valence-electron chi connectivity index (χ4n) is 2.64. The minimum absolute atomic E-state index is 0.737. The Morgan fingerprint density at radius 3 is 2.69 bits per heavy atom. The Balaban J connectivity index is 2.60. The summed E-state index contributed by atoms with van der Waals surface area (Å²) in [4.78, 5) is 0. The highest BCUT2D eigenvalue weighted by Crippen LogP contribution is 2.38. The topological polar surface area (TPSA) is 0 Å². The summed E-state index contributed by atoms with van der Waals surface area (Å²) in [5, 5.41) is 0. The van der Waals surface area contributed by atoms with Crippen molar-refractivity contribution < 1.29 is 0 Å². The van der Waals surface area contributed by atoms with Gasteiger partial charge in [-0.3, -0.25) is 0 Å². The Morgan fingerprint density at radius 2 is 2.19 bits per heavy atom. The number of allylic oxidation sites excluding steroid dienone is 3. The Morgan fingerprint density at radius 1 is 1.50 bits per heavy atom. The molecule has 0 spiro atoms. The average molecular weight is 238 g/mol. The maximum absolute atomic E-state index is 4.13. The van der Waals surface area contributed by atoms with E-state index in [0.29, 0.717) is 0 Å². The highest BCUT2D eigenvalue weighted by Gasteiger charge is 2.25. The normalized spacial score (nSPS) is 27.8. The van der Waals surface area contributed by atoms with Gasteiger partial charge in [-0.25, -0.2) is 0 Å². The van der Waals surface area contributed by atoms with Gasteiger partial charge in [0.25, 0.3) is 0 Å². The number of rotatable bonds is 5. The molecule has 0 saturated carbocycles. The van der Waals surface area contributed by atoms with Crippen LogP contribution in [0.15, 0.2) is 24.3 Å². The second-order valence-corrected chi connectivity index (χ2v) is 6.95. The molecule has 0 aromatic carbocycles. The third-order valence-electron chi connectivity index (χ3n) is 3.67. The summed E-state index contributed by atoms with van der Waals surface area (Å²) >= 11 is 0. The van der Waals surface area contributed by atoms with Crippen LogP contribution in [0.2, 0.25) is 0 Å². The molecule has 4 atom stereocenters. The third-order valence-corrected chi connectivity index (χ3v) is 5.08. The summed E-state index contributed by atoms with van der Waals surface area (Å²) in [7, 11) is 1.07. The van der Waals surface area contributed by atoms with E-state index in [1.807, 2.05) is 0 Å². The van der Waals surface area contributed by atoms with Gasteiger partial charge in [0.05, 0.1) is 0 Å². The Hall–Kier alpha value is -0.0900. The molecule has 0 aromatic rings. The summed E-state index contributed by atoms with van der Waals surface area (Å²) in [5.41, 5.74) is 2.27. The molecule has 0 nitrogen and oxygen atoms in total. The van der Waals surface area contributed by atoms with Crippen LogP contribution in [0.4, 0.5) is 0 Å². The van der Waals surface area contributed by atoms with Crippen molar-refractivity contribution in [2.45, 2.75) is 45.7 Å². The van der Waals surface area contributed by atoms with Crippen molar-refractivity contribution in [1.82, 2.24) is 0 Å². The molecule has 1 aliphatic rings. The Labute approximate surface area is 103 Å². The molecule has 0 saturated heterocycles. The molecule has 0 N–H and O–H groups in total. The zero-order chi connectivity index (χ0) is 12.1. The minimum atomic E-state index is 0.737. The van der Waals surface area contributed by atoms with E-state index >= 15 is 0 Å². The van der Waals surface area contributed by atoms with E-state index in [1.54, 1.807) is 0 Å². The van der Waals surface area contributed by atoms with Crippen molar-refractivity contribution in [3.8, 4) is 0 Å². The highest BCUT2D eigenvalue weighted by atomic mass is 31.1. The molecule has 0 aromatic heterocycles. The first-order valence-electron chi connectivity index (χ1n) is 6.54. The molecule has 1 rings (SSSR count). The first-order valence-corrected chi connectivity index (χ1v) is 8.11. The SMILES string of the molecule is C=C(C)C1CC=CC(C(CC(C)C)PC)C1. The lowest BCUT2D eigenvalue weighted by Gasteiger charge is -2.31. The molecule has 1 aliphatic carbocycles. The number of hydrogen-bond donors (Lipinski definition) is 0. The zero-order valence-corrected chi connectivity index (χ0v) is 12.3. The van der Waals surface area contributed by atoms with Gasteiger partial charge in [-0.15, -0.1) is 8.58 Å². The first kappa shape index (κ1) is 14.0. The molecule has 0 heterocycles. The minimum Gasteiger partial charge on any atom is -0.122 e. The van der Waals surface area contributed by atoms with Gasteiger partial charge in [-0.1, -0.05) is 38.2 Å². The van der Waals surface area contributed by atoms with Gasteiger partial charge < -0.3 is 0 Å². The van der Waals surface area contributed by atoms with Crippen LogP contribution in [0, 0.1) is 17.8 Å². The van der Waals surface area contributed by atoms with Gasteiger partial charge in [0.1, 0.15) is 0 Å². The van der Waals surface area contributed by atoms with E-state index in [2.05, 4.69) is 46.2 Å². The maximum Gasteiger partial charge on any atom is -0.0162 e.